The number of aromatic amines is 1. The summed E-state index contributed by atoms with van der Waals surface area (Å²) < 4.78 is 0. The Kier molecular flexibility index (Phi) is 2.71. The Morgan fingerprint density at radius 3 is 2.47 bits per heavy atom. The lowest BCUT2D eigenvalue weighted by Crippen LogP contribution is -2.20. The number of aromatic hydroxyl groups is 1. The Hall–Kier alpha value is -2.36. The van der Waals surface area contributed by atoms with Crippen molar-refractivity contribution < 1.29 is 9.90 Å². The van der Waals surface area contributed by atoms with E-state index in [-0.39, 0.29) is 28.2 Å². The number of pyridine rings is 1. The van der Waals surface area contributed by atoms with Gasteiger partial charge in [-0.3, -0.25) is 9.59 Å². The fraction of sp³-hybridized carbons (Fsp3) is 0.200. The molecule has 0 saturated heterocycles. The minimum atomic E-state index is -0.350. The number of Topliss-reactive ketones (excluding diaryl/α,β-unsaturated/α-hetero) is 1. The molecule has 0 atom stereocenters. The highest BCUT2D eigenvalue weighted by molar-refractivity contribution is 6.02. The number of carbonyl (C=O) groups excluding carboxylic acids is 1. The van der Waals surface area contributed by atoms with E-state index in [1.165, 1.54) is 0 Å². The molecule has 1 aromatic heterocycles. The lowest BCUT2D eigenvalue weighted by Gasteiger charge is -2.17. The molecule has 0 radical (unpaired) electrons. The second-order valence-electron chi connectivity index (χ2n) is 4.67. The summed E-state index contributed by atoms with van der Waals surface area (Å²) in [6, 6.07) is 8.89. The molecule has 1 aromatic carbocycles. The third kappa shape index (κ3) is 1.85. The van der Waals surface area contributed by atoms with E-state index in [0.717, 1.165) is 0 Å². The molecule has 0 bridgehead atoms. The normalized spacial score (nSPS) is 14.2. The number of benzene rings is 1. The number of H-pyrrole nitrogens is 1. The molecule has 0 spiro atoms. The topological polar surface area (TPSA) is 70.2 Å². The number of fused-ring (bicyclic) bond motifs is 1. The van der Waals surface area contributed by atoms with Crippen LogP contribution in [0.5, 0.6) is 5.75 Å². The molecule has 1 aliphatic rings. The summed E-state index contributed by atoms with van der Waals surface area (Å²) in [6.07, 6.45) is 1.76. The largest absolute Gasteiger partial charge is 0.506 e. The predicted molar refractivity (Wildman–Crippen MR) is 71.4 cm³/mol. The number of rotatable bonds is 1. The van der Waals surface area contributed by atoms with Gasteiger partial charge in [-0.05, 0) is 18.4 Å². The van der Waals surface area contributed by atoms with Gasteiger partial charge < -0.3 is 10.1 Å². The summed E-state index contributed by atoms with van der Waals surface area (Å²) in [6.45, 7) is 0. The molecule has 96 valence electrons. The van der Waals surface area contributed by atoms with Gasteiger partial charge in [0.25, 0.3) is 5.56 Å². The van der Waals surface area contributed by atoms with Crippen molar-refractivity contribution in [2.45, 2.75) is 19.3 Å². The SMILES string of the molecule is O=C1CCCc2[nH]c(=O)c(-c3ccccc3)c(O)c21. The monoisotopic (exact) mass is 255 g/mol. The predicted octanol–water partition coefficient (Wildman–Crippen LogP) is 2.27. The van der Waals surface area contributed by atoms with E-state index in [1.54, 1.807) is 24.3 Å². The first-order chi connectivity index (χ1) is 9.18. The van der Waals surface area contributed by atoms with Crippen LogP contribution in [0.3, 0.4) is 0 Å². The zero-order chi connectivity index (χ0) is 13.4. The highest BCUT2D eigenvalue weighted by Gasteiger charge is 2.25. The molecule has 0 aliphatic heterocycles. The maximum atomic E-state index is 12.1. The van der Waals surface area contributed by atoms with Gasteiger partial charge in [0.1, 0.15) is 5.75 Å². The van der Waals surface area contributed by atoms with Gasteiger partial charge >= 0.3 is 0 Å². The van der Waals surface area contributed by atoms with Crippen molar-refractivity contribution in [3.05, 3.63) is 51.9 Å². The highest BCUT2D eigenvalue weighted by atomic mass is 16.3. The van der Waals surface area contributed by atoms with Gasteiger partial charge in [0.2, 0.25) is 0 Å². The number of nitrogens with one attached hydrogen (secondary N) is 1. The van der Waals surface area contributed by atoms with Crippen molar-refractivity contribution in [1.29, 1.82) is 0 Å². The Bertz CT molecular complexity index is 701. The molecule has 4 heteroatoms. The number of carbonyl (C=O) groups is 1. The Morgan fingerprint density at radius 1 is 1.00 bits per heavy atom. The minimum Gasteiger partial charge on any atom is -0.506 e. The molecular formula is C15H13NO3. The first-order valence-corrected chi connectivity index (χ1v) is 6.25. The van der Waals surface area contributed by atoms with Crippen molar-refractivity contribution >= 4 is 5.78 Å². The van der Waals surface area contributed by atoms with Gasteiger partial charge in [-0.1, -0.05) is 30.3 Å². The van der Waals surface area contributed by atoms with Crippen LogP contribution in [0, 0.1) is 0 Å². The standard InChI is InChI=1S/C15H13NO3/c17-11-8-4-7-10-13(11)14(18)12(15(19)16-10)9-5-2-1-3-6-9/h1-3,5-6H,4,7-8H2,(H2,16,18,19). The van der Waals surface area contributed by atoms with E-state index in [4.69, 9.17) is 0 Å². The van der Waals surface area contributed by atoms with Crippen LogP contribution in [-0.4, -0.2) is 15.9 Å². The molecular weight excluding hydrogens is 242 g/mol. The summed E-state index contributed by atoms with van der Waals surface area (Å²) >= 11 is 0. The molecule has 3 rings (SSSR count). The smallest absolute Gasteiger partial charge is 0.259 e. The van der Waals surface area contributed by atoms with Crippen LogP contribution in [-0.2, 0) is 6.42 Å². The Labute approximate surface area is 109 Å². The van der Waals surface area contributed by atoms with Crippen LogP contribution in [0.25, 0.3) is 11.1 Å². The molecule has 2 aromatic rings. The average molecular weight is 255 g/mol. The summed E-state index contributed by atoms with van der Waals surface area (Å²) in [4.78, 5) is 26.7. The third-order valence-corrected chi connectivity index (χ3v) is 3.44. The van der Waals surface area contributed by atoms with Crippen molar-refractivity contribution in [3.8, 4) is 16.9 Å². The van der Waals surface area contributed by atoms with Crippen molar-refractivity contribution in [3.63, 3.8) is 0 Å². The quantitative estimate of drug-likeness (QED) is 0.821. The van der Waals surface area contributed by atoms with Gasteiger partial charge in [0.15, 0.2) is 5.78 Å². The van der Waals surface area contributed by atoms with E-state index in [2.05, 4.69) is 4.98 Å². The maximum Gasteiger partial charge on any atom is 0.259 e. The summed E-state index contributed by atoms with van der Waals surface area (Å²) in [5, 5.41) is 10.3. The fourth-order valence-electron chi connectivity index (χ4n) is 2.55. The van der Waals surface area contributed by atoms with Crippen LogP contribution < -0.4 is 5.56 Å². The zero-order valence-corrected chi connectivity index (χ0v) is 10.3. The van der Waals surface area contributed by atoms with Crippen LogP contribution in [0.2, 0.25) is 0 Å². The fourth-order valence-corrected chi connectivity index (χ4v) is 2.55. The molecule has 0 amide bonds. The van der Waals surface area contributed by atoms with E-state index in [1.807, 2.05) is 6.07 Å². The van der Waals surface area contributed by atoms with Gasteiger partial charge in [-0.25, -0.2) is 0 Å². The van der Waals surface area contributed by atoms with E-state index >= 15 is 0 Å². The van der Waals surface area contributed by atoms with Crippen LogP contribution in [0.15, 0.2) is 35.1 Å². The second-order valence-corrected chi connectivity index (χ2v) is 4.67. The van der Waals surface area contributed by atoms with Crippen molar-refractivity contribution in [1.82, 2.24) is 4.98 Å². The first kappa shape index (κ1) is 11.7. The molecule has 0 unspecified atom stereocenters. The molecule has 0 fully saturated rings. The molecule has 2 N–H and O–H groups in total. The summed E-state index contributed by atoms with van der Waals surface area (Å²) in [7, 11) is 0. The highest BCUT2D eigenvalue weighted by Crippen LogP contribution is 2.33. The number of ketones is 1. The molecule has 19 heavy (non-hydrogen) atoms. The maximum absolute atomic E-state index is 12.1. The molecule has 0 saturated carbocycles. The molecule has 1 aliphatic carbocycles. The molecule has 4 nitrogen and oxygen atoms in total. The third-order valence-electron chi connectivity index (χ3n) is 3.44. The van der Waals surface area contributed by atoms with Crippen LogP contribution >= 0.6 is 0 Å². The molecule has 1 heterocycles. The Balaban J connectivity index is 2.30. The number of aromatic nitrogens is 1. The van der Waals surface area contributed by atoms with Gasteiger partial charge in [0, 0.05) is 12.1 Å². The van der Waals surface area contributed by atoms with Crippen LogP contribution in [0.4, 0.5) is 0 Å². The van der Waals surface area contributed by atoms with Gasteiger partial charge in [-0.2, -0.15) is 0 Å². The number of hydrogen-bond donors (Lipinski definition) is 2. The van der Waals surface area contributed by atoms with Gasteiger partial charge in [0.05, 0.1) is 11.1 Å². The minimum absolute atomic E-state index is 0.104. The van der Waals surface area contributed by atoms with Crippen molar-refractivity contribution in [2.75, 3.05) is 0 Å². The van der Waals surface area contributed by atoms with E-state index in [9.17, 15) is 14.7 Å². The first-order valence-electron chi connectivity index (χ1n) is 6.25. The average Bonchev–Trinajstić information content (AvgIpc) is 2.39. The van der Waals surface area contributed by atoms with E-state index in [0.29, 0.717) is 30.5 Å². The lowest BCUT2D eigenvalue weighted by molar-refractivity contribution is 0.0968. The second kappa shape index (κ2) is 4.39. The summed E-state index contributed by atoms with van der Waals surface area (Å²) in [5.74, 6) is -0.290. The van der Waals surface area contributed by atoms with Crippen molar-refractivity contribution in [2.24, 2.45) is 0 Å². The lowest BCUT2D eigenvalue weighted by atomic mass is 9.91. The van der Waals surface area contributed by atoms with E-state index < -0.39 is 0 Å². The number of aryl methyl sites for hydroxylation is 1. The number of hydrogen-bond acceptors (Lipinski definition) is 3. The summed E-state index contributed by atoms with van der Waals surface area (Å²) in [5.41, 5.74) is 1.28. The van der Waals surface area contributed by atoms with Gasteiger partial charge in [-0.15, -0.1) is 0 Å². The Morgan fingerprint density at radius 2 is 1.74 bits per heavy atom. The van der Waals surface area contributed by atoms with Crippen LogP contribution in [0.1, 0.15) is 28.9 Å². The zero-order valence-electron chi connectivity index (χ0n) is 10.3.